The van der Waals surface area contributed by atoms with Crippen molar-refractivity contribution in [2.45, 2.75) is 0 Å². The average Bonchev–Trinajstić information content (AvgIpc) is 3.36. The van der Waals surface area contributed by atoms with E-state index < -0.39 is 11.5 Å². The van der Waals surface area contributed by atoms with Crippen molar-refractivity contribution in [2.75, 3.05) is 5.32 Å². The van der Waals surface area contributed by atoms with E-state index in [1.165, 1.54) is 6.07 Å². The Kier molecular flexibility index (Phi) is 6.61. The van der Waals surface area contributed by atoms with E-state index in [2.05, 4.69) is 10.6 Å². The number of halogens is 2. The van der Waals surface area contributed by atoms with Gasteiger partial charge in [0.15, 0.2) is 10.9 Å². The second-order valence-corrected chi connectivity index (χ2v) is 8.93. The number of hydrogen-bond acceptors (Lipinski definition) is 5. The van der Waals surface area contributed by atoms with Crippen LogP contribution in [0.25, 0.3) is 33.4 Å². The van der Waals surface area contributed by atoms with Gasteiger partial charge < -0.3 is 14.2 Å². The van der Waals surface area contributed by atoms with Crippen molar-refractivity contribution in [1.82, 2.24) is 5.32 Å². The lowest BCUT2D eigenvalue weighted by Gasteiger charge is -2.09. The molecule has 36 heavy (non-hydrogen) atoms. The van der Waals surface area contributed by atoms with Gasteiger partial charge in [0.2, 0.25) is 0 Å². The van der Waals surface area contributed by atoms with Gasteiger partial charge in [0.1, 0.15) is 11.3 Å². The SMILES string of the molecule is O=C(NC(=S)Nc1ccc(-c2cc3ccccc3oc2=O)cc1)c1ccc(-c2cccc(Cl)c2Cl)o1. The molecule has 0 aliphatic carbocycles. The Morgan fingerprint density at radius 1 is 0.833 bits per heavy atom. The van der Waals surface area contributed by atoms with Gasteiger partial charge in [-0.3, -0.25) is 10.1 Å². The van der Waals surface area contributed by atoms with Gasteiger partial charge in [-0.05, 0) is 66.3 Å². The molecule has 0 fully saturated rings. The largest absolute Gasteiger partial charge is 0.451 e. The van der Waals surface area contributed by atoms with Gasteiger partial charge in [0.25, 0.3) is 5.91 Å². The third kappa shape index (κ3) is 4.90. The number of hydrogen-bond donors (Lipinski definition) is 2. The molecule has 2 N–H and O–H groups in total. The predicted octanol–water partition coefficient (Wildman–Crippen LogP) is 7.15. The highest BCUT2D eigenvalue weighted by Crippen LogP contribution is 2.34. The number of carbonyl (C=O) groups is 1. The van der Waals surface area contributed by atoms with E-state index in [-0.39, 0.29) is 10.9 Å². The summed E-state index contributed by atoms with van der Waals surface area (Å²) in [5.74, 6) is -0.0638. The third-order valence-corrected chi connectivity index (χ3v) is 6.39. The Balaban J connectivity index is 1.26. The van der Waals surface area contributed by atoms with Crippen LogP contribution in [0.1, 0.15) is 10.6 Å². The monoisotopic (exact) mass is 534 g/mol. The number of thiocarbonyl (C=S) groups is 1. The molecule has 0 radical (unpaired) electrons. The summed E-state index contributed by atoms with van der Waals surface area (Å²) in [6.45, 7) is 0. The number of rotatable bonds is 4. The fourth-order valence-electron chi connectivity index (χ4n) is 3.62. The van der Waals surface area contributed by atoms with Gasteiger partial charge in [0.05, 0.1) is 15.6 Å². The molecule has 0 spiro atoms. The first kappa shape index (κ1) is 23.8. The van der Waals surface area contributed by atoms with E-state index in [1.54, 1.807) is 60.7 Å². The van der Waals surface area contributed by atoms with E-state index in [0.29, 0.717) is 43.8 Å². The fraction of sp³-hybridized carbons (Fsp3) is 0. The van der Waals surface area contributed by atoms with Crippen LogP contribution in [0.3, 0.4) is 0 Å². The Hall–Kier alpha value is -3.91. The van der Waals surface area contributed by atoms with E-state index in [4.69, 9.17) is 44.3 Å². The van der Waals surface area contributed by atoms with Gasteiger partial charge in [-0.1, -0.05) is 59.6 Å². The van der Waals surface area contributed by atoms with Crippen molar-refractivity contribution in [2.24, 2.45) is 0 Å². The Labute approximate surface area is 220 Å². The van der Waals surface area contributed by atoms with Crippen LogP contribution < -0.4 is 16.3 Å². The molecule has 5 aromatic rings. The second-order valence-electron chi connectivity index (χ2n) is 7.74. The van der Waals surface area contributed by atoms with Gasteiger partial charge in [-0.15, -0.1) is 0 Å². The third-order valence-electron chi connectivity index (χ3n) is 5.37. The number of furan rings is 1. The highest BCUT2D eigenvalue weighted by molar-refractivity contribution is 7.80. The second kappa shape index (κ2) is 9.99. The molecular formula is C27H16Cl2N2O4S. The number of anilines is 1. The molecule has 0 saturated heterocycles. The molecule has 0 bridgehead atoms. The van der Waals surface area contributed by atoms with E-state index >= 15 is 0 Å². The predicted molar refractivity (Wildman–Crippen MR) is 146 cm³/mol. The van der Waals surface area contributed by atoms with Crippen LogP contribution in [0.4, 0.5) is 5.69 Å². The maximum Gasteiger partial charge on any atom is 0.344 e. The number of para-hydroxylation sites is 1. The fourth-order valence-corrected chi connectivity index (χ4v) is 4.23. The summed E-state index contributed by atoms with van der Waals surface area (Å²) in [6.07, 6.45) is 0. The zero-order valence-corrected chi connectivity index (χ0v) is 20.7. The first-order chi connectivity index (χ1) is 17.4. The minimum Gasteiger partial charge on any atom is -0.451 e. The summed E-state index contributed by atoms with van der Waals surface area (Å²) in [5, 5.41) is 7.14. The minimum absolute atomic E-state index is 0.0589. The molecule has 0 saturated carbocycles. The van der Waals surface area contributed by atoms with Crippen molar-refractivity contribution in [3.05, 3.63) is 111 Å². The molecule has 0 unspecified atom stereocenters. The summed E-state index contributed by atoms with van der Waals surface area (Å²) in [6, 6.07) is 24.4. The maximum absolute atomic E-state index is 12.6. The standard InChI is InChI=1S/C27H16Cl2N2O4S/c28-20-6-3-5-18(24(20)29)22-12-13-23(34-22)25(32)31-27(36)30-17-10-8-15(9-11-17)19-14-16-4-1-2-7-21(16)35-26(19)33/h1-14H,(H2,30,31,32,36). The summed E-state index contributed by atoms with van der Waals surface area (Å²) in [7, 11) is 0. The van der Waals surface area contributed by atoms with Gasteiger partial charge in [-0.2, -0.15) is 0 Å². The van der Waals surface area contributed by atoms with Crippen molar-refractivity contribution >= 4 is 63.1 Å². The first-order valence-corrected chi connectivity index (χ1v) is 11.9. The smallest absolute Gasteiger partial charge is 0.344 e. The number of benzene rings is 3. The average molecular weight is 535 g/mol. The zero-order valence-electron chi connectivity index (χ0n) is 18.4. The molecular weight excluding hydrogens is 519 g/mol. The van der Waals surface area contributed by atoms with Crippen LogP contribution in [0.2, 0.25) is 10.0 Å². The van der Waals surface area contributed by atoms with Crippen LogP contribution >= 0.6 is 35.4 Å². The maximum atomic E-state index is 12.6. The highest BCUT2D eigenvalue weighted by atomic mass is 35.5. The lowest BCUT2D eigenvalue weighted by atomic mass is 10.1. The van der Waals surface area contributed by atoms with E-state index in [9.17, 15) is 9.59 Å². The molecule has 9 heteroatoms. The molecule has 0 atom stereocenters. The highest BCUT2D eigenvalue weighted by Gasteiger charge is 2.16. The Bertz CT molecular complexity index is 1680. The Morgan fingerprint density at radius 3 is 2.42 bits per heavy atom. The van der Waals surface area contributed by atoms with E-state index in [1.807, 2.05) is 18.2 Å². The minimum atomic E-state index is -0.526. The van der Waals surface area contributed by atoms with Crippen molar-refractivity contribution in [1.29, 1.82) is 0 Å². The number of fused-ring (bicyclic) bond motifs is 1. The van der Waals surface area contributed by atoms with E-state index in [0.717, 1.165) is 5.39 Å². The van der Waals surface area contributed by atoms with Crippen LogP contribution in [0.15, 0.2) is 98.6 Å². The molecule has 5 rings (SSSR count). The number of nitrogens with one attached hydrogen (secondary N) is 2. The zero-order chi connectivity index (χ0) is 25.2. The van der Waals surface area contributed by atoms with Crippen LogP contribution in [0, 0.1) is 0 Å². The summed E-state index contributed by atoms with van der Waals surface area (Å²) in [5.41, 5.74) is 2.45. The normalized spacial score (nSPS) is 10.8. The summed E-state index contributed by atoms with van der Waals surface area (Å²) < 4.78 is 11.1. The van der Waals surface area contributed by atoms with Crippen molar-refractivity contribution in [3.63, 3.8) is 0 Å². The summed E-state index contributed by atoms with van der Waals surface area (Å²) in [4.78, 5) is 25.0. The molecule has 2 heterocycles. The molecule has 6 nitrogen and oxygen atoms in total. The van der Waals surface area contributed by atoms with Crippen LogP contribution in [-0.2, 0) is 0 Å². The molecule has 0 aliphatic heterocycles. The van der Waals surface area contributed by atoms with Gasteiger partial charge in [0, 0.05) is 16.6 Å². The van der Waals surface area contributed by atoms with Crippen molar-refractivity contribution in [3.8, 4) is 22.5 Å². The summed E-state index contributed by atoms with van der Waals surface area (Å²) >= 11 is 17.5. The molecule has 0 aliphatic rings. The Morgan fingerprint density at radius 2 is 1.61 bits per heavy atom. The molecule has 2 aromatic heterocycles. The number of amides is 1. The lowest BCUT2D eigenvalue weighted by molar-refractivity contribution is 0.0951. The number of carbonyl (C=O) groups excluding carboxylic acids is 1. The molecule has 1 amide bonds. The van der Waals surface area contributed by atoms with Gasteiger partial charge in [-0.25, -0.2) is 4.79 Å². The quantitative estimate of drug-likeness (QED) is 0.188. The molecule has 3 aromatic carbocycles. The lowest BCUT2D eigenvalue weighted by Crippen LogP contribution is -2.33. The van der Waals surface area contributed by atoms with Crippen molar-refractivity contribution < 1.29 is 13.6 Å². The van der Waals surface area contributed by atoms with Crippen LogP contribution in [-0.4, -0.2) is 11.0 Å². The van der Waals surface area contributed by atoms with Gasteiger partial charge >= 0.3 is 5.63 Å². The molecule has 178 valence electrons. The van der Waals surface area contributed by atoms with Crippen LogP contribution in [0.5, 0.6) is 0 Å². The topological polar surface area (TPSA) is 84.5 Å². The first-order valence-electron chi connectivity index (χ1n) is 10.7.